The molecule has 5 heteroatoms. The lowest BCUT2D eigenvalue weighted by Crippen LogP contribution is -2.34. The zero-order valence-corrected chi connectivity index (χ0v) is 14.7. The highest BCUT2D eigenvalue weighted by atomic mass is 16.3. The van der Waals surface area contributed by atoms with Crippen LogP contribution in [0.4, 0.5) is 5.69 Å². The fourth-order valence-electron chi connectivity index (χ4n) is 3.23. The van der Waals surface area contributed by atoms with Gasteiger partial charge in [-0.15, -0.1) is 0 Å². The van der Waals surface area contributed by atoms with Crippen molar-refractivity contribution in [3.8, 4) is 0 Å². The molecule has 0 bridgehead atoms. The average Bonchev–Trinajstić information content (AvgIpc) is 3.04. The van der Waals surface area contributed by atoms with Crippen LogP contribution in [0.5, 0.6) is 0 Å². The van der Waals surface area contributed by atoms with Crippen molar-refractivity contribution in [1.29, 1.82) is 0 Å². The number of anilines is 1. The number of aromatic nitrogens is 2. The molecule has 1 aliphatic heterocycles. The first kappa shape index (κ1) is 17.0. The van der Waals surface area contributed by atoms with Crippen LogP contribution >= 0.6 is 0 Å². The zero-order valence-electron chi connectivity index (χ0n) is 14.7. The number of rotatable bonds is 6. The maximum atomic E-state index is 10.6. The molecule has 2 aromatic rings. The first-order valence-corrected chi connectivity index (χ1v) is 8.81. The largest absolute Gasteiger partial charge is 0.384 e. The van der Waals surface area contributed by atoms with Crippen LogP contribution in [0.15, 0.2) is 36.7 Å². The first-order chi connectivity index (χ1) is 11.5. The second-order valence-electron chi connectivity index (χ2n) is 6.99. The van der Waals surface area contributed by atoms with Gasteiger partial charge in [-0.25, -0.2) is 0 Å². The third-order valence-corrected chi connectivity index (χ3v) is 4.78. The quantitative estimate of drug-likeness (QED) is 0.855. The Bertz CT molecular complexity index is 642. The van der Waals surface area contributed by atoms with Crippen molar-refractivity contribution in [1.82, 2.24) is 15.1 Å². The molecule has 1 aliphatic rings. The van der Waals surface area contributed by atoms with Gasteiger partial charge in [0.05, 0.1) is 6.20 Å². The van der Waals surface area contributed by atoms with E-state index < -0.39 is 5.60 Å². The highest BCUT2D eigenvalue weighted by molar-refractivity contribution is 5.47. The molecule has 0 amide bonds. The van der Waals surface area contributed by atoms with Gasteiger partial charge < -0.3 is 15.3 Å². The maximum absolute atomic E-state index is 10.6. The van der Waals surface area contributed by atoms with E-state index in [1.807, 2.05) is 20.2 Å². The van der Waals surface area contributed by atoms with Gasteiger partial charge in [0.2, 0.25) is 0 Å². The molecule has 24 heavy (non-hydrogen) atoms. The minimum Gasteiger partial charge on any atom is -0.384 e. The Hall–Kier alpha value is -1.85. The molecule has 1 aromatic heterocycles. The lowest BCUT2D eigenvalue weighted by Gasteiger charge is -2.29. The van der Waals surface area contributed by atoms with Gasteiger partial charge in [-0.1, -0.05) is 12.1 Å². The molecule has 0 radical (unpaired) electrons. The Morgan fingerprint density at radius 3 is 2.50 bits per heavy atom. The lowest BCUT2D eigenvalue weighted by molar-refractivity contribution is 0.0566. The Labute approximate surface area is 144 Å². The smallest absolute Gasteiger partial charge is 0.102 e. The van der Waals surface area contributed by atoms with Crippen LogP contribution in [-0.2, 0) is 19.2 Å². The Kier molecular flexibility index (Phi) is 5.21. The third kappa shape index (κ3) is 4.16. The number of hydrogen-bond donors (Lipinski definition) is 2. The van der Waals surface area contributed by atoms with E-state index in [1.165, 1.54) is 43.6 Å². The second-order valence-corrected chi connectivity index (χ2v) is 6.99. The molecule has 3 rings (SSSR count). The van der Waals surface area contributed by atoms with E-state index in [1.54, 1.807) is 10.9 Å². The molecule has 5 nitrogen and oxygen atoms in total. The molecule has 0 spiro atoms. The summed E-state index contributed by atoms with van der Waals surface area (Å²) in [5.74, 6) is 0. The summed E-state index contributed by atoms with van der Waals surface area (Å²) in [5, 5.41) is 18.0. The minimum atomic E-state index is -0.915. The number of nitrogens with one attached hydrogen (secondary N) is 1. The predicted molar refractivity (Wildman–Crippen MR) is 97.0 cm³/mol. The van der Waals surface area contributed by atoms with Gasteiger partial charge in [-0.3, -0.25) is 4.68 Å². The number of benzene rings is 1. The molecule has 1 unspecified atom stereocenters. The number of aryl methyl sites for hydroxylation is 1. The summed E-state index contributed by atoms with van der Waals surface area (Å²) >= 11 is 0. The van der Waals surface area contributed by atoms with E-state index in [2.05, 4.69) is 39.6 Å². The Balaban J connectivity index is 1.51. The summed E-state index contributed by atoms with van der Waals surface area (Å²) < 4.78 is 1.71. The molecule has 1 aromatic carbocycles. The minimum absolute atomic E-state index is 0.493. The number of hydrogen-bond acceptors (Lipinski definition) is 4. The van der Waals surface area contributed by atoms with Gasteiger partial charge >= 0.3 is 0 Å². The van der Waals surface area contributed by atoms with Crippen LogP contribution in [0.3, 0.4) is 0 Å². The van der Waals surface area contributed by atoms with Crippen molar-refractivity contribution in [3.63, 3.8) is 0 Å². The molecule has 1 saturated heterocycles. The summed E-state index contributed by atoms with van der Waals surface area (Å²) in [6.45, 7) is 5.40. The van der Waals surface area contributed by atoms with E-state index in [9.17, 15) is 5.11 Å². The van der Waals surface area contributed by atoms with Gasteiger partial charge in [-0.2, -0.15) is 5.10 Å². The Morgan fingerprint density at radius 1 is 1.17 bits per heavy atom. The molecule has 1 fully saturated rings. The van der Waals surface area contributed by atoms with Gasteiger partial charge in [0.1, 0.15) is 5.60 Å². The maximum Gasteiger partial charge on any atom is 0.102 e. The van der Waals surface area contributed by atoms with Crippen molar-refractivity contribution < 1.29 is 5.11 Å². The molecule has 0 aliphatic carbocycles. The highest BCUT2D eigenvalue weighted by Crippen LogP contribution is 2.21. The van der Waals surface area contributed by atoms with Crippen LogP contribution in [0.2, 0.25) is 0 Å². The van der Waals surface area contributed by atoms with Gasteiger partial charge in [0.25, 0.3) is 0 Å². The molecular weight excluding hydrogens is 300 g/mol. The summed E-state index contributed by atoms with van der Waals surface area (Å²) in [4.78, 5) is 2.47. The van der Waals surface area contributed by atoms with Gasteiger partial charge in [-0.05, 0) is 43.9 Å². The van der Waals surface area contributed by atoms with Crippen molar-refractivity contribution in [3.05, 3.63) is 47.8 Å². The summed E-state index contributed by atoms with van der Waals surface area (Å²) in [6, 6.07) is 8.77. The van der Waals surface area contributed by atoms with E-state index >= 15 is 0 Å². The summed E-state index contributed by atoms with van der Waals surface area (Å²) in [5.41, 5.74) is 2.47. The normalized spacial score (nSPS) is 17.7. The molecule has 0 saturated carbocycles. The van der Waals surface area contributed by atoms with Gasteiger partial charge in [0, 0.05) is 50.7 Å². The van der Waals surface area contributed by atoms with Crippen LogP contribution in [0.25, 0.3) is 0 Å². The van der Waals surface area contributed by atoms with E-state index in [0.717, 1.165) is 12.1 Å². The van der Waals surface area contributed by atoms with Crippen molar-refractivity contribution >= 4 is 5.69 Å². The second kappa shape index (κ2) is 7.36. The summed E-state index contributed by atoms with van der Waals surface area (Å²) in [6.07, 6.45) is 7.53. The molecule has 130 valence electrons. The van der Waals surface area contributed by atoms with Crippen molar-refractivity contribution in [2.45, 2.75) is 38.3 Å². The molecule has 2 heterocycles. The third-order valence-electron chi connectivity index (χ3n) is 4.78. The highest BCUT2D eigenvalue weighted by Gasteiger charge is 2.24. The first-order valence-electron chi connectivity index (χ1n) is 8.81. The van der Waals surface area contributed by atoms with Crippen molar-refractivity contribution in [2.24, 2.45) is 7.05 Å². The summed E-state index contributed by atoms with van der Waals surface area (Å²) in [7, 11) is 1.86. The number of nitrogens with zero attached hydrogens (tertiary/aromatic N) is 3. The van der Waals surface area contributed by atoms with E-state index in [4.69, 9.17) is 0 Å². The molecule has 2 N–H and O–H groups in total. The topological polar surface area (TPSA) is 53.3 Å². The SMILES string of the molecule is Cn1cc(C(C)(O)CNCc2ccc(N3CCCCC3)cc2)cn1. The number of aliphatic hydroxyl groups is 1. The molecule has 1 atom stereocenters. The van der Waals surface area contributed by atoms with Crippen LogP contribution in [0, 0.1) is 0 Å². The average molecular weight is 328 g/mol. The van der Waals surface area contributed by atoms with Gasteiger partial charge in [0.15, 0.2) is 0 Å². The fourth-order valence-corrected chi connectivity index (χ4v) is 3.23. The van der Waals surface area contributed by atoms with Crippen LogP contribution in [-0.4, -0.2) is 34.5 Å². The van der Waals surface area contributed by atoms with E-state index in [-0.39, 0.29) is 0 Å². The van der Waals surface area contributed by atoms with Crippen LogP contribution in [0.1, 0.15) is 37.3 Å². The lowest BCUT2D eigenvalue weighted by atomic mass is 9.99. The Morgan fingerprint density at radius 2 is 1.88 bits per heavy atom. The van der Waals surface area contributed by atoms with Crippen molar-refractivity contribution in [2.75, 3.05) is 24.5 Å². The standard InChI is InChI=1S/C19H28N4O/c1-19(24,17-13-21-22(2)14-17)15-20-12-16-6-8-18(9-7-16)23-10-4-3-5-11-23/h6-9,13-14,20,24H,3-5,10-12,15H2,1-2H3. The zero-order chi connectivity index (χ0) is 17.0. The number of piperidine rings is 1. The fraction of sp³-hybridized carbons (Fsp3) is 0.526. The molecular formula is C19H28N4O. The monoisotopic (exact) mass is 328 g/mol. The predicted octanol–water partition coefficient (Wildman–Crippen LogP) is 2.41. The van der Waals surface area contributed by atoms with E-state index in [0.29, 0.717) is 6.54 Å². The van der Waals surface area contributed by atoms with Crippen LogP contribution < -0.4 is 10.2 Å².